The summed E-state index contributed by atoms with van der Waals surface area (Å²) in [5.41, 5.74) is 2.21. The maximum absolute atomic E-state index is 5.81. The first-order chi connectivity index (χ1) is 13.3. The Hall–Kier alpha value is -2.21. The molecule has 0 aromatic carbocycles. The molecule has 0 saturated carbocycles. The van der Waals surface area contributed by atoms with Crippen molar-refractivity contribution in [3.63, 3.8) is 0 Å². The molecule has 152 valence electrons. The van der Waals surface area contributed by atoms with Crippen molar-refractivity contribution >= 4 is 11.6 Å². The molecule has 0 aliphatic carbocycles. The lowest BCUT2D eigenvalue weighted by atomic mass is 10.1. The van der Waals surface area contributed by atoms with Crippen LogP contribution in [0.25, 0.3) is 0 Å². The van der Waals surface area contributed by atoms with Crippen LogP contribution in [-0.4, -0.2) is 40.2 Å². The van der Waals surface area contributed by atoms with Gasteiger partial charge in [0.1, 0.15) is 17.5 Å². The van der Waals surface area contributed by atoms with Crippen molar-refractivity contribution in [3.8, 4) is 0 Å². The van der Waals surface area contributed by atoms with Crippen molar-refractivity contribution in [1.29, 1.82) is 0 Å². The zero-order valence-corrected chi connectivity index (χ0v) is 17.9. The summed E-state index contributed by atoms with van der Waals surface area (Å²) >= 11 is 0. The van der Waals surface area contributed by atoms with Crippen LogP contribution in [-0.2, 0) is 11.3 Å². The maximum atomic E-state index is 5.81. The zero-order valence-electron chi connectivity index (χ0n) is 17.9. The summed E-state index contributed by atoms with van der Waals surface area (Å²) in [6, 6.07) is 6.28. The van der Waals surface area contributed by atoms with Crippen molar-refractivity contribution in [2.75, 3.05) is 23.3 Å². The Morgan fingerprint density at radius 2 is 1.79 bits per heavy atom. The molecule has 0 bridgehead atoms. The Morgan fingerprint density at radius 3 is 2.36 bits per heavy atom. The van der Waals surface area contributed by atoms with Crippen molar-refractivity contribution < 1.29 is 4.74 Å². The van der Waals surface area contributed by atoms with E-state index in [0.717, 1.165) is 41.8 Å². The topological polar surface area (TPSA) is 63.2 Å². The van der Waals surface area contributed by atoms with E-state index in [4.69, 9.17) is 4.74 Å². The molecule has 1 fully saturated rings. The Morgan fingerprint density at radius 1 is 1.07 bits per heavy atom. The molecule has 1 N–H and O–H groups in total. The van der Waals surface area contributed by atoms with Crippen molar-refractivity contribution in [3.05, 3.63) is 41.5 Å². The highest BCUT2D eigenvalue weighted by Crippen LogP contribution is 2.21. The van der Waals surface area contributed by atoms with Crippen LogP contribution in [0.3, 0.4) is 0 Å². The lowest BCUT2D eigenvalue weighted by molar-refractivity contribution is -0.00545. The third-order valence-electron chi connectivity index (χ3n) is 4.90. The molecular weight excluding hydrogens is 350 g/mol. The van der Waals surface area contributed by atoms with Gasteiger partial charge >= 0.3 is 0 Å². The van der Waals surface area contributed by atoms with Crippen LogP contribution in [0.2, 0.25) is 0 Å². The second-order valence-electron chi connectivity index (χ2n) is 8.39. The average Bonchev–Trinajstić information content (AvgIpc) is 2.65. The minimum atomic E-state index is 0.231. The summed E-state index contributed by atoms with van der Waals surface area (Å²) in [6.07, 6.45) is 2.41. The minimum absolute atomic E-state index is 0.231. The van der Waals surface area contributed by atoms with Crippen molar-refractivity contribution in [2.24, 2.45) is 0 Å². The Balaban J connectivity index is 1.66. The van der Waals surface area contributed by atoms with Crippen LogP contribution in [0.4, 0.5) is 11.6 Å². The van der Waals surface area contributed by atoms with Gasteiger partial charge in [0.25, 0.3) is 0 Å². The number of hydrogen-bond donors (Lipinski definition) is 1. The SMILES string of the molecule is CC1CN(c2ccc(CNc3cc(C(C)C)nc(C(C)C)n3)cn2)CC(C)O1. The lowest BCUT2D eigenvalue weighted by Gasteiger charge is -2.36. The van der Waals surface area contributed by atoms with Gasteiger partial charge in [-0.3, -0.25) is 0 Å². The number of anilines is 2. The van der Waals surface area contributed by atoms with Gasteiger partial charge in [0.05, 0.1) is 12.2 Å². The molecule has 6 nitrogen and oxygen atoms in total. The van der Waals surface area contributed by atoms with Crippen LogP contribution in [0.1, 0.15) is 70.5 Å². The van der Waals surface area contributed by atoms with E-state index in [1.54, 1.807) is 0 Å². The monoisotopic (exact) mass is 383 g/mol. The van der Waals surface area contributed by atoms with E-state index in [1.807, 2.05) is 6.20 Å². The quantitative estimate of drug-likeness (QED) is 0.800. The summed E-state index contributed by atoms with van der Waals surface area (Å²) in [5, 5.41) is 3.44. The molecule has 0 radical (unpaired) electrons. The molecule has 6 heteroatoms. The highest BCUT2D eigenvalue weighted by Gasteiger charge is 2.23. The third-order valence-corrected chi connectivity index (χ3v) is 4.90. The lowest BCUT2D eigenvalue weighted by Crippen LogP contribution is -2.45. The second kappa shape index (κ2) is 8.86. The Labute approximate surface area is 168 Å². The van der Waals surface area contributed by atoms with Gasteiger partial charge in [-0.2, -0.15) is 0 Å². The van der Waals surface area contributed by atoms with Crippen LogP contribution in [0.15, 0.2) is 24.4 Å². The fourth-order valence-corrected chi connectivity index (χ4v) is 3.40. The fraction of sp³-hybridized carbons (Fsp3) is 0.591. The normalized spacial score (nSPS) is 20.1. The molecular formula is C22H33N5O. The summed E-state index contributed by atoms with van der Waals surface area (Å²) in [7, 11) is 0. The van der Waals surface area contributed by atoms with Gasteiger partial charge < -0.3 is 15.0 Å². The molecule has 2 aromatic heterocycles. The summed E-state index contributed by atoms with van der Waals surface area (Å²) in [5.74, 6) is 3.45. The van der Waals surface area contributed by atoms with E-state index in [9.17, 15) is 0 Å². The van der Waals surface area contributed by atoms with E-state index in [1.165, 1.54) is 0 Å². The molecule has 2 unspecified atom stereocenters. The number of aromatic nitrogens is 3. The fourth-order valence-electron chi connectivity index (χ4n) is 3.40. The molecule has 1 aliphatic rings. The summed E-state index contributed by atoms with van der Waals surface area (Å²) in [4.78, 5) is 16.3. The average molecular weight is 384 g/mol. The van der Waals surface area contributed by atoms with Crippen LogP contribution in [0.5, 0.6) is 0 Å². The molecule has 0 amide bonds. The van der Waals surface area contributed by atoms with Crippen LogP contribution < -0.4 is 10.2 Å². The van der Waals surface area contributed by atoms with Gasteiger partial charge in [-0.25, -0.2) is 15.0 Å². The smallest absolute Gasteiger partial charge is 0.133 e. The number of rotatable bonds is 6. The highest BCUT2D eigenvalue weighted by molar-refractivity contribution is 5.42. The maximum Gasteiger partial charge on any atom is 0.133 e. The predicted octanol–water partition coefficient (Wildman–Crippen LogP) is 4.34. The van der Waals surface area contributed by atoms with Crippen LogP contribution >= 0.6 is 0 Å². The zero-order chi connectivity index (χ0) is 20.3. The third kappa shape index (κ3) is 5.19. The number of morpholine rings is 1. The summed E-state index contributed by atoms with van der Waals surface area (Å²) in [6.45, 7) is 15.2. The molecule has 2 aromatic rings. The molecule has 1 saturated heterocycles. The van der Waals surface area contributed by atoms with Gasteiger partial charge in [0, 0.05) is 43.5 Å². The minimum Gasteiger partial charge on any atom is -0.372 e. The van der Waals surface area contributed by atoms with Gasteiger partial charge in [-0.05, 0) is 31.4 Å². The van der Waals surface area contributed by atoms with E-state index in [-0.39, 0.29) is 12.2 Å². The highest BCUT2D eigenvalue weighted by atomic mass is 16.5. The number of ether oxygens (including phenoxy) is 1. The predicted molar refractivity (Wildman–Crippen MR) is 114 cm³/mol. The first kappa shape index (κ1) is 20.5. The molecule has 3 rings (SSSR count). The second-order valence-corrected chi connectivity index (χ2v) is 8.39. The standard InChI is InChI=1S/C22H33N5O/c1-14(2)19-9-20(26-22(25-19)15(3)4)23-10-18-7-8-21(24-11-18)27-12-16(5)28-17(6)13-27/h7-9,11,14-17H,10,12-13H2,1-6H3,(H,23,25,26). The largest absolute Gasteiger partial charge is 0.372 e. The molecule has 3 heterocycles. The van der Waals surface area contributed by atoms with Gasteiger partial charge in [-0.1, -0.05) is 33.8 Å². The molecule has 0 spiro atoms. The number of nitrogens with one attached hydrogen (secondary N) is 1. The van der Waals surface area contributed by atoms with Gasteiger partial charge in [0.2, 0.25) is 0 Å². The van der Waals surface area contributed by atoms with Gasteiger partial charge in [-0.15, -0.1) is 0 Å². The molecule has 1 aliphatic heterocycles. The van der Waals surface area contributed by atoms with Crippen LogP contribution in [0, 0.1) is 0 Å². The van der Waals surface area contributed by atoms with E-state index in [0.29, 0.717) is 18.4 Å². The van der Waals surface area contributed by atoms with E-state index in [2.05, 4.69) is 84.9 Å². The Kier molecular flexibility index (Phi) is 6.50. The first-order valence-electron chi connectivity index (χ1n) is 10.3. The Bertz CT molecular complexity index is 739. The number of hydrogen-bond acceptors (Lipinski definition) is 6. The molecule has 2 atom stereocenters. The number of nitrogens with zero attached hydrogens (tertiary/aromatic N) is 4. The van der Waals surface area contributed by atoms with Gasteiger partial charge in [0.15, 0.2) is 0 Å². The first-order valence-corrected chi connectivity index (χ1v) is 10.3. The number of pyridine rings is 1. The molecule has 28 heavy (non-hydrogen) atoms. The van der Waals surface area contributed by atoms with Crippen molar-refractivity contribution in [1.82, 2.24) is 15.0 Å². The summed E-state index contributed by atoms with van der Waals surface area (Å²) < 4.78 is 5.81. The van der Waals surface area contributed by atoms with Crippen molar-refractivity contribution in [2.45, 2.75) is 72.1 Å². The van der Waals surface area contributed by atoms with E-state index >= 15 is 0 Å². The van der Waals surface area contributed by atoms with E-state index < -0.39 is 0 Å².